The maximum atomic E-state index is 11.0. The summed E-state index contributed by atoms with van der Waals surface area (Å²) in [5, 5.41) is 0. The number of ether oxygens (including phenoxy) is 1. The number of carbonyl (C=O) groups excluding carboxylic acids is 1. The Morgan fingerprint density at radius 1 is 1.30 bits per heavy atom. The number of ketones is 1. The van der Waals surface area contributed by atoms with Gasteiger partial charge in [-0.3, -0.25) is 4.79 Å². The minimum atomic E-state index is 0.437. The van der Waals surface area contributed by atoms with Crippen molar-refractivity contribution in [2.24, 2.45) is 11.8 Å². The summed E-state index contributed by atoms with van der Waals surface area (Å²) < 4.78 is 5.29. The summed E-state index contributed by atoms with van der Waals surface area (Å²) in [6, 6.07) is 0. The molecule has 2 rings (SSSR count). The van der Waals surface area contributed by atoms with E-state index in [1.807, 2.05) is 0 Å². The molecule has 1 saturated carbocycles. The Kier molecular flexibility index (Phi) is 1.49. The van der Waals surface area contributed by atoms with Crippen LogP contribution < -0.4 is 0 Å². The Labute approximate surface area is 60.6 Å². The zero-order valence-corrected chi connectivity index (χ0v) is 6.01. The molecule has 0 spiro atoms. The van der Waals surface area contributed by atoms with Gasteiger partial charge in [-0.05, 0) is 18.3 Å². The molecule has 2 heteroatoms. The fourth-order valence-electron chi connectivity index (χ4n) is 1.93. The van der Waals surface area contributed by atoms with E-state index < -0.39 is 0 Å². The maximum Gasteiger partial charge on any atom is 0.133 e. The van der Waals surface area contributed by atoms with E-state index in [-0.39, 0.29) is 0 Å². The number of hydrogen-bond acceptors (Lipinski definition) is 2. The predicted molar refractivity (Wildman–Crippen MR) is 36.7 cm³/mol. The first-order chi connectivity index (χ1) is 4.86. The summed E-state index contributed by atoms with van der Waals surface area (Å²) in [5.74, 6) is 1.71. The first kappa shape index (κ1) is 6.35. The third-order valence-electron chi connectivity index (χ3n) is 2.61. The van der Waals surface area contributed by atoms with Crippen molar-refractivity contribution in [2.45, 2.75) is 19.3 Å². The molecule has 1 saturated heterocycles. The smallest absolute Gasteiger partial charge is 0.133 e. The topological polar surface area (TPSA) is 26.3 Å². The van der Waals surface area contributed by atoms with Gasteiger partial charge in [0.1, 0.15) is 5.78 Å². The SMILES string of the molecule is O=C1CCC2COCC2C1. The minimum Gasteiger partial charge on any atom is -0.381 e. The lowest BCUT2D eigenvalue weighted by atomic mass is 9.81. The molecular formula is C8H12O2. The van der Waals surface area contributed by atoms with Gasteiger partial charge in [0.25, 0.3) is 0 Å². The van der Waals surface area contributed by atoms with E-state index in [9.17, 15) is 4.79 Å². The number of fused-ring (bicyclic) bond motifs is 1. The van der Waals surface area contributed by atoms with Gasteiger partial charge in [-0.15, -0.1) is 0 Å². The molecule has 0 aromatic carbocycles. The Morgan fingerprint density at radius 2 is 2.10 bits per heavy atom. The molecule has 2 aliphatic rings. The van der Waals surface area contributed by atoms with E-state index in [4.69, 9.17) is 4.74 Å². The highest BCUT2D eigenvalue weighted by molar-refractivity contribution is 5.79. The van der Waals surface area contributed by atoms with Crippen LogP contribution in [0.5, 0.6) is 0 Å². The average Bonchev–Trinajstić information content (AvgIpc) is 2.33. The van der Waals surface area contributed by atoms with Gasteiger partial charge < -0.3 is 4.74 Å². The van der Waals surface area contributed by atoms with Crippen molar-refractivity contribution in [3.8, 4) is 0 Å². The lowest BCUT2D eigenvalue weighted by Crippen LogP contribution is -2.23. The second kappa shape index (κ2) is 2.35. The van der Waals surface area contributed by atoms with Crippen LogP contribution in [0.3, 0.4) is 0 Å². The van der Waals surface area contributed by atoms with Crippen LogP contribution in [0.2, 0.25) is 0 Å². The third kappa shape index (κ3) is 0.966. The molecular weight excluding hydrogens is 128 g/mol. The van der Waals surface area contributed by atoms with Crippen molar-refractivity contribution in [1.29, 1.82) is 0 Å². The van der Waals surface area contributed by atoms with Crippen LogP contribution in [-0.2, 0) is 9.53 Å². The molecule has 1 heterocycles. The van der Waals surface area contributed by atoms with Crippen molar-refractivity contribution in [1.82, 2.24) is 0 Å². The van der Waals surface area contributed by atoms with Crippen LogP contribution in [0.4, 0.5) is 0 Å². The van der Waals surface area contributed by atoms with Gasteiger partial charge in [0, 0.05) is 19.4 Å². The fourth-order valence-corrected chi connectivity index (χ4v) is 1.93. The highest BCUT2D eigenvalue weighted by Gasteiger charge is 2.33. The molecule has 2 nitrogen and oxygen atoms in total. The van der Waals surface area contributed by atoms with Crippen molar-refractivity contribution >= 4 is 5.78 Å². The molecule has 0 aromatic heterocycles. The lowest BCUT2D eigenvalue weighted by Gasteiger charge is -2.21. The predicted octanol–water partition coefficient (Wildman–Crippen LogP) is 1.00. The Hall–Kier alpha value is -0.370. The number of Topliss-reactive ketones (excluding diaryl/α,β-unsaturated/α-hetero) is 1. The molecule has 0 aromatic rings. The van der Waals surface area contributed by atoms with Crippen LogP contribution in [0.15, 0.2) is 0 Å². The van der Waals surface area contributed by atoms with E-state index >= 15 is 0 Å². The number of rotatable bonds is 0. The standard InChI is InChI=1S/C8H12O2/c9-8-2-1-6-4-10-5-7(6)3-8/h6-7H,1-5H2. The zero-order chi connectivity index (χ0) is 6.97. The van der Waals surface area contributed by atoms with Crippen LogP contribution in [0.25, 0.3) is 0 Å². The fraction of sp³-hybridized carbons (Fsp3) is 0.875. The molecule has 2 fully saturated rings. The normalized spacial score (nSPS) is 39.8. The quantitative estimate of drug-likeness (QED) is 0.501. The molecule has 0 N–H and O–H groups in total. The second-order valence-electron chi connectivity index (χ2n) is 3.34. The van der Waals surface area contributed by atoms with Crippen molar-refractivity contribution in [2.75, 3.05) is 13.2 Å². The van der Waals surface area contributed by atoms with E-state index in [0.717, 1.165) is 32.5 Å². The van der Waals surface area contributed by atoms with Gasteiger partial charge in [0.05, 0.1) is 6.61 Å². The van der Waals surface area contributed by atoms with E-state index in [0.29, 0.717) is 17.6 Å². The Morgan fingerprint density at radius 3 is 3.00 bits per heavy atom. The van der Waals surface area contributed by atoms with Gasteiger partial charge in [-0.2, -0.15) is 0 Å². The summed E-state index contributed by atoms with van der Waals surface area (Å²) in [6.45, 7) is 1.73. The summed E-state index contributed by atoms with van der Waals surface area (Å²) in [4.78, 5) is 11.0. The maximum absolute atomic E-state index is 11.0. The first-order valence-electron chi connectivity index (χ1n) is 3.95. The molecule has 10 heavy (non-hydrogen) atoms. The van der Waals surface area contributed by atoms with Gasteiger partial charge in [-0.1, -0.05) is 0 Å². The van der Waals surface area contributed by atoms with Crippen LogP contribution >= 0.6 is 0 Å². The first-order valence-corrected chi connectivity index (χ1v) is 3.95. The molecule has 1 aliphatic heterocycles. The van der Waals surface area contributed by atoms with Crippen LogP contribution in [-0.4, -0.2) is 19.0 Å². The largest absolute Gasteiger partial charge is 0.381 e. The lowest BCUT2D eigenvalue weighted by molar-refractivity contribution is -0.122. The Bertz CT molecular complexity index is 153. The van der Waals surface area contributed by atoms with Gasteiger partial charge >= 0.3 is 0 Å². The zero-order valence-electron chi connectivity index (χ0n) is 6.01. The molecule has 2 atom stereocenters. The highest BCUT2D eigenvalue weighted by Crippen LogP contribution is 2.32. The van der Waals surface area contributed by atoms with Crippen LogP contribution in [0.1, 0.15) is 19.3 Å². The molecule has 2 unspecified atom stereocenters. The van der Waals surface area contributed by atoms with E-state index in [1.54, 1.807) is 0 Å². The third-order valence-corrected chi connectivity index (χ3v) is 2.61. The van der Waals surface area contributed by atoms with Gasteiger partial charge in [0.2, 0.25) is 0 Å². The molecule has 0 amide bonds. The molecule has 0 radical (unpaired) electrons. The molecule has 1 aliphatic carbocycles. The van der Waals surface area contributed by atoms with Crippen molar-refractivity contribution in [3.63, 3.8) is 0 Å². The second-order valence-corrected chi connectivity index (χ2v) is 3.34. The van der Waals surface area contributed by atoms with Crippen molar-refractivity contribution in [3.05, 3.63) is 0 Å². The monoisotopic (exact) mass is 140 g/mol. The summed E-state index contributed by atoms with van der Waals surface area (Å²) >= 11 is 0. The molecule has 56 valence electrons. The highest BCUT2D eigenvalue weighted by atomic mass is 16.5. The average molecular weight is 140 g/mol. The van der Waals surface area contributed by atoms with Gasteiger partial charge in [-0.25, -0.2) is 0 Å². The summed E-state index contributed by atoms with van der Waals surface area (Å²) in [6.07, 6.45) is 2.65. The summed E-state index contributed by atoms with van der Waals surface area (Å²) in [5.41, 5.74) is 0. The molecule has 0 bridgehead atoms. The van der Waals surface area contributed by atoms with E-state index in [2.05, 4.69) is 0 Å². The minimum absolute atomic E-state index is 0.437. The van der Waals surface area contributed by atoms with E-state index in [1.165, 1.54) is 0 Å². The number of hydrogen-bond donors (Lipinski definition) is 0. The number of carbonyl (C=O) groups is 1. The van der Waals surface area contributed by atoms with Gasteiger partial charge in [0.15, 0.2) is 0 Å². The summed E-state index contributed by atoms with van der Waals surface area (Å²) in [7, 11) is 0. The van der Waals surface area contributed by atoms with Crippen LogP contribution in [0, 0.1) is 11.8 Å². The van der Waals surface area contributed by atoms with Crippen molar-refractivity contribution < 1.29 is 9.53 Å². The Balaban J connectivity index is 2.03.